The van der Waals surface area contributed by atoms with E-state index in [1.54, 1.807) is 0 Å². The molecule has 2 rings (SSSR count). The molecular formula is C15H22ClNO. The molecule has 18 heavy (non-hydrogen) atoms. The summed E-state index contributed by atoms with van der Waals surface area (Å²) in [5.41, 5.74) is 2.53. The van der Waals surface area contributed by atoms with Crippen LogP contribution in [0.3, 0.4) is 0 Å². The lowest BCUT2D eigenvalue weighted by Crippen LogP contribution is -2.32. The topological polar surface area (TPSA) is 21.3 Å². The molecule has 0 amide bonds. The molecule has 1 N–H and O–H groups in total. The van der Waals surface area contributed by atoms with Crippen molar-refractivity contribution in [1.82, 2.24) is 5.32 Å². The largest absolute Gasteiger partial charge is 0.493 e. The third-order valence-corrected chi connectivity index (χ3v) is 4.08. The summed E-state index contributed by atoms with van der Waals surface area (Å²) in [4.78, 5) is 0. The molecule has 0 radical (unpaired) electrons. The average Bonchev–Trinajstić information content (AvgIpc) is 2.78. The van der Waals surface area contributed by atoms with Gasteiger partial charge < -0.3 is 10.1 Å². The molecular weight excluding hydrogens is 246 g/mol. The third-order valence-electron chi connectivity index (χ3n) is 3.86. The molecule has 1 aliphatic rings. The van der Waals surface area contributed by atoms with Crippen LogP contribution in [0.1, 0.15) is 31.4 Å². The third kappa shape index (κ3) is 2.81. The van der Waals surface area contributed by atoms with Crippen molar-refractivity contribution in [3.8, 4) is 5.75 Å². The first kappa shape index (κ1) is 13.7. The van der Waals surface area contributed by atoms with Crippen molar-refractivity contribution in [3.63, 3.8) is 0 Å². The second kappa shape index (κ2) is 5.94. The van der Waals surface area contributed by atoms with E-state index in [9.17, 15) is 0 Å². The van der Waals surface area contributed by atoms with Crippen LogP contribution in [-0.2, 0) is 12.8 Å². The van der Waals surface area contributed by atoms with Crippen LogP contribution in [-0.4, -0.2) is 19.7 Å². The molecule has 2 unspecified atom stereocenters. The van der Waals surface area contributed by atoms with Crippen molar-refractivity contribution in [2.75, 3.05) is 13.7 Å². The predicted octanol–water partition coefficient (Wildman–Crippen LogP) is 3.45. The number of benzene rings is 1. The molecule has 1 aromatic rings. The molecule has 0 aliphatic carbocycles. The van der Waals surface area contributed by atoms with Gasteiger partial charge in [0, 0.05) is 17.5 Å². The summed E-state index contributed by atoms with van der Waals surface area (Å²) in [6.45, 7) is 5.30. The molecule has 1 heterocycles. The summed E-state index contributed by atoms with van der Waals surface area (Å²) in [7, 11) is 2.03. The minimum atomic E-state index is 0.543. The summed E-state index contributed by atoms with van der Waals surface area (Å²) >= 11 is 6.19. The van der Waals surface area contributed by atoms with Crippen LogP contribution < -0.4 is 10.1 Å². The lowest BCUT2D eigenvalue weighted by Gasteiger charge is -2.23. The van der Waals surface area contributed by atoms with E-state index in [0.29, 0.717) is 12.0 Å². The fourth-order valence-electron chi connectivity index (χ4n) is 2.88. The Hall–Kier alpha value is -0.730. The number of hydrogen-bond acceptors (Lipinski definition) is 2. The quantitative estimate of drug-likeness (QED) is 0.882. The van der Waals surface area contributed by atoms with E-state index < -0.39 is 0 Å². The first-order valence-corrected chi connectivity index (χ1v) is 7.14. The predicted molar refractivity (Wildman–Crippen MR) is 76.7 cm³/mol. The van der Waals surface area contributed by atoms with Gasteiger partial charge in [0.25, 0.3) is 0 Å². The molecule has 0 fully saturated rings. The van der Waals surface area contributed by atoms with Gasteiger partial charge in [-0.15, -0.1) is 0 Å². The van der Waals surface area contributed by atoms with Gasteiger partial charge in [0.2, 0.25) is 0 Å². The molecule has 0 bridgehead atoms. The van der Waals surface area contributed by atoms with Gasteiger partial charge in [-0.1, -0.05) is 25.4 Å². The van der Waals surface area contributed by atoms with Gasteiger partial charge in [-0.05, 0) is 49.1 Å². The van der Waals surface area contributed by atoms with E-state index in [1.807, 2.05) is 13.1 Å². The molecule has 3 heteroatoms. The molecule has 100 valence electrons. The van der Waals surface area contributed by atoms with E-state index in [0.717, 1.165) is 36.6 Å². The van der Waals surface area contributed by atoms with Crippen molar-refractivity contribution in [2.24, 2.45) is 5.92 Å². The van der Waals surface area contributed by atoms with Gasteiger partial charge in [-0.3, -0.25) is 0 Å². The average molecular weight is 268 g/mol. The number of rotatable bonds is 5. The number of halogens is 1. The van der Waals surface area contributed by atoms with E-state index in [4.69, 9.17) is 16.3 Å². The zero-order valence-electron chi connectivity index (χ0n) is 11.4. The number of nitrogens with one attached hydrogen (secondary N) is 1. The molecule has 0 aromatic heterocycles. The van der Waals surface area contributed by atoms with Gasteiger partial charge >= 0.3 is 0 Å². The number of fused-ring (bicyclic) bond motifs is 1. The Morgan fingerprint density at radius 1 is 1.44 bits per heavy atom. The number of ether oxygens (including phenoxy) is 1. The highest BCUT2D eigenvalue weighted by Gasteiger charge is 2.21. The molecule has 2 nitrogen and oxygen atoms in total. The highest BCUT2D eigenvalue weighted by molar-refractivity contribution is 6.30. The first-order valence-electron chi connectivity index (χ1n) is 6.77. The molecule has 2 atom stereocenters. The summed E-state index contributed by atoms with van der Waals surface area (Å²) in [6, 6.07) is 4.64. The van der Waals surface area contributed by atoms with Gasteiger partial charge in [-0.25, -0.2) is 0 Å². The second-order valence-corrected chi connectivity index (χ2v) is 5.57. The zero-order chi connectivity index (χ0) is 13.1. The Balaban J connectivity index is 2.19. The minimum absolute atomic E-state index is 0.543. The van der Waals surface area contributed by atoms with E-state index in [1.165, 1.54) is 11.1 Å². The van der Waals surface area contributed by atoms with Crippen LogP contribution in [0.25, 0.3) is 0 Å². The van der Waals surface area contributed by atoms with Crippen molar-refractivity contribution in [2.45, 2.75) is 39.2 Å². The fourth-order valence-corrected chi connectivity index (χ4v) is 3.14. The summed E-state index contributed by atoms with van der Waals surface area (Å²) in [6.07, 6.45) is 3.14. The Kier molecular flexibility index (Phi) is 4.52. The van der Waals surface area contributed by atoms with Crippen molar-refractivity contribution in [1.29, 1.82) is 0 Å². The molecule has 1 aliphatic heterocycles. The van der Waals surface area contributed by atoms with Gasteiger partial charge in [0.1, 0.15) is 5.75 Å². The van der Waals surface area contributed by atoms with Crippen LogP contribution in [0.5, 0.6) is 5.75 Å². The molecule has 0 saturated carbocycles. The van der Waals surface area contributed by atoms with Crippen LogP contribution in [0.4, 0.5) is 0 Å². The maximum Gasteiger partial charge on any atom is 0.125 e. The Bertz CT molecular complexity index is 415. The monoisotopic (exact) mass is 267 g/mol. The molecule has 0 saturated heterocycles. The Morgan fingerprint density at radius 2 is 2.22 bits per heavy atom. The smallest absolute Gasteiger partial charge is 0.125 e. The van der Waals surface area contributed by atoms with Gasteiger partial charge in [0.15, 0.2) is 0 Å². The lowest BCUT2D eigenvalue weighted by molar-refractivity contribution is 0.344. The zero-order valence-corrected chi connectivity index (χ0v) is 12.2. The molecule has 1 aromatic carbocycles. The second-order valence-electron chi connectivity index (χ2n) is 5.14. The fraction of sp³-hybridized carbons (Fsp3) is 0.600. The number of hydrogen-bond donors (Lipinski definition) is 1. The van der Waals surface area contributed by atoms with Crippen LogP contribution in [0.15, 0.2) is 12.1 Å². The molecule has 0 spiro atoms. The lowest BCUT2D eigenvalue weighted by atomic mass is 9.91. The summed E-state index contributed by atoms with van der Waals surface area (Å²) < 4.78 is 5.75. The maximum absolute atomic E-state index is 6.19. The normalized spacial score (nSPS) is 17.1. The summed E-state index contributed by atoms with van der Waals surface area (Å²) in [5.74, 6) is 1.66. The highest BCUT2D eigenvalue weighted by Crippen LogP contribution is 2.34. The SMILES string of the molecule is CCC(NC)C(C)Cc1cc(Cl)cc2c1OCC2. The summed E-state index contributed by atoms with van der Waals surface area (Å²) in [5, 5.41) is 4.21. The van der Waals surface area contributed by atoms with Crippen molar-refractivity contribution >= 4 is 11.6 Å². The Labute approximate surface area is 115 Å². The van der Waals surface area contributed by atoms with Crippen LogP contribution in [0.2, 0.25) is 5.02 Å². The standard InChI is InChI=1S/C15H22ClNO/c1-4-14(17-3)10(2)7-12-9-13(16)8-11-5-6-18-15(11)12/h8-10,14,17H,4-7H2,1-3H3. The van der Waals surface area contributed by atoms with Crippen molar-refractivity contribution in [3.05, 3.63) is 28.3 Å². The van der Waals surface area contributed by atoms with E-state index in [2.05, 4.69) is 25.2 Å². The minimum Gasteiger partial charge on any atom is -0.493 e. The first-order chi connectivity index (χ1) is 8.65. The highest BCUT2D eigenvalue weighted by atomic mass is 35.5. The maximum atomic E-state index is 6.19. The van der Waals surface area contributed by atoms with Crippen LogP contribution in [0, 0.1) is 5.92 Å². The van der Waals surface area contributed by atoms with E-state index >= 15 is 0 Å². The van der Waals surface area contributed by atoms with Gasteiger partial charge in [0.05, 0.1) is 6.61 Å². The van der Waals surface area contributed by atoms with Crippen LogP contribution >= 0.6 is 11.6 Å². The van der Waals surface area contributed by atoms with E-state index in [-0.39, 0.29) is 0 Å². The van der Waals surface area contributed by atoms with Gasteiger partial charge in [-0.2, -0.15) is 0 Å². The van der Waals surface area contributed by atoms with Crippen molar-refractivity contribution < 1.29 is 4.74 Å². The Morgan fingerprint density at radius 3 is 2.89 bits per heavy atom.